The summed E-state index contributed by atoms with van der Waals surface area (Å²) in [7, 11) is 0. The van der Waals surface area contributed by atoms with E-state index in [1.807, 2.05) is 86.1 Å². The minimum atomic E-state index is -0.171. The van der Waals surface area contributed by atoms with E-state index in [-0.39, 0.29) is 23.8 Å². The normalized spacial score (nSPS) is 14.3. The first-order valence-corrected chi connectivity index (χ1v) is 10.9. The Morgan fingerprint density at radius 2 is 1.75 bits per heavy atom. The van der Waals surface area contributed by atoms with Gasteiger partial charge in [0.15, 0.2) is 0 Å². The summed E-state index contributed by atoms with van der Waals surface area (Å²) in [6, 6.07) is 17.4. The molecule has 32 heavy (non-hydrogen) atoms. The van der Waals surface area contributed by atoms with Crippen LogP contribution in [-0.2, 0) is 9.59 Å². The number of benzene rings is 2. The van der Waals surface area contributed by atoms with Gasteiger partial charge in [0.05, 0.1) is 17.4 Å². The standard InChI is InChI=1S/C26H28N4O2/c1-17(20-11-13-22(14-12-20)28-26(32)21-9-10-21)27-25(31)16-15-24-18(2)29-30(19(24)3)23-7-5-4-6-8-23/h4-8,11-17,21H,9-10H2,1-3H3,(H,27,31)(H,28,32)/b16-15+. The van der Waals surface area contributed by atoms with Gasteiger partial charge < -0.3 is 10.6 Å². The van der Waals surface area contributed by atoms with Crippen LogP contribution in [0.15, 0.2) is 60.7 Å². The quantitative estimate of drug-likeness (QED) is 0.534. The Morgan fingerprint density at radius 3 is 2.41 bits per heavy atom. The Morgan fingerprint density at radius 1 is 1.06 bits per heavy atom. The Bertz CT molecular complexity index is 1140. The van der Waals surface area contributed by atoms with E-state index < -0.39 is 0 Å². The first kappa shape index (κ1) is 21.6. The van der Waals surface area contributed by atoms with Gasteiger partial charge in [0.25, 0.3) is 0 Å². The van der Waals surface area contributed by atoms with Crippen LogP contribution in [0.4, 0.5) is 5.69 Å². The van der Waals surface area contributed by atoms with Gasteiger partial charge in [-0.15, -0.1) is 0 Å². The number of carbonyl (C=O) groups is 2. The van der Waals surface area contributed by atoms with Crippen molar-refractivity contribution in [3.63, 3.8) is 0 Å². The van der Waals surface area contributed by atoms with Crippen LogP contribution in [0.3, 0.4) is 0 Å². The van der Waals surface area contributed by atoms with Gasteiger partial charge in [-0.1, -0.05) is 30.3 Å². The van der Waals surface area contributed by atoms with Crippen molar-refractivity contribution in [1.29, 1.82) is 0 Å². The van der Waals surface area contributed by atoms with Crippen molar-refractivity contribution >= 4 is 23.6 Å². The fourth-order valence-electron chi connectivity index (χ4n) is 3.67. The smallest absolute Gasteiger partial charge is 0.244 e. The van der Waals surface area contributed by atoms with E-state index in [4.69, 9.17) is 0 Å². The average molecular weight is 429 g/mol. The molecule has 6 heteroatoms. The number of aromatic nitrogens is 2. The maximum absolute atomic E-state index is 12.5. The number of para-hydroxylation sites is 1. The lowest BCUT2D eigenvalue weighted by Crippen LogP contribution is -2.24. The van der Waals surface area contributed by atoms with Crippen molar-refractivity contribution < 1.29 is 9.59 Å². The highest BCUT2D eigenvalue weighted by Crippen LogP contribution is 2.30. The van der Waals surface area contributed by atoms with Gasteiger partial charge in [0, 0.05) is 28.9 Å². The summed E-state index contributed by atoms with van der Waals surface area (Å²) in [5.74, 6) is 0.0898. The van der Waals surface area contributed by atoms with E-state index in [0.717, 1.165) is 46.7 Å². The predicted molar refractivity (Wildman–Crippen MR) is 126 cm³/mol. The molecule has 2 aromatic carbocycles. The van der Waals surface area contributed by atoms with E-state index in [0.29, 0.717) is 0 Å². The summed E-state index contributed by atoms with van der Waals surface area (Å²) >= 11 is 0. The lowest BCUT2D eigenvalue weighted by atomic mass is 10.1. The van der Waals surface area contributed by atoms with Crippen molar-refractivity contribution in [3.05, 3.63) is 83.2 Å². The zero-order chi connectivity index (χ0) is 22.7. The molecular weight excluding hydrogens is 400 g/mol. The molecule has 0 spiro atoms. The molecule has 6 nitrogen and oxygen atoms in total. The molecule has 0 saturated heterocycles. The number of nitrogens with one attached hydrogen (secondary N) is 2. The van der Waals surface area contributed by atoms with Crippen LogP contribution in [-0.4, -0.2) is 21.6 Å². The van der Waals surface area contributed by atoms with E-state index in [1.165, 1.54) is 0 Å². The van der Waals surface area contributed by atoms with Crippen LogP contribution in [0, 0.1) is 19.8 Å². The number of anilines is 1. The topological polar surface area (TPSA) is 76.0 Å². The molecule has 1 unspecified atom stereocenters. The van der Waals surface area contributed by atoms with E-state index in [9.17, 15) is 9.59 Å². The molecule has 164 valence electrons. The summed E-state index contributed by atoms with van der Waals surface area (Å²) in [6.45, 7) is 5.88. The third-order valence-electron chi connectivity index (χ3n) is 5.73. The largest absolute Gasteiger partial charge is 0.346 e. The minimum absolute atomic E-state index is 0.0883. The Balaban J connectivity index is 1.38. The molecule has 3 aromatic rings. The minimum Gasteiger partial charge on any atom is -0.346 e. The molecular formula is C26H28N4O2. The van der Waals surface area contributed by atoms with E-state index >= 15 is 0 Å². The molecule has 0 radical (unpaired) electrons. The van der Waals surface area contributed by atoms with Crippen LogP contribution < -0.4 is 10.6 Å². The summed E-state index contributed by atoms with van der Waals surface area (Å²) in [5, 5.41) is 10.5. The number of hydrogen-bond donors (Lipinski definition) is 2. The van der Waals surface area contributed by atoms with Crippen molar-refractivity contribution in [1.82, 2.24) is 15.1 Å². The monoisotopic (exact) mass is 428 g/mol. The SMILES string of the molecule is Cc1nn(-c2ccccc2)c(C)c1/C=C/C(=O)NC(C)c1ccc(NC(=O)C2CC2)cc1. The van der Waals surface area contributed by atoms with Gasteiger partial charge in [-0.05, 0) is 69.5 Å². The molecule has 1 fully saturated rings. The Labute approximate surface area is 188 Å². The lowest BCUT2D eigenvalue weighted by Gasteiger charge is -2.14. The Kier molecular flexibility index (Phi) is 6.21. The molecule has 0 bridgehead atoms. The summed E-state index contributed by atoms with van der Waals surface area (Å²) in [6.07, 6.45) is 5.32. The second-order valence-corrected chi connectivity index (χ2v) is 8.28. The number of hydrogen-bond acceptors (Lipinski definition) is 3. The van der Waals surface area contributed by atoms with E-state index in [2.05, 4.69) is 15.7 Å². The highest BCUT2D eigenvalue weighted by atomic mass is 16.2. The van der Waals surface area contributed by atoms with Crippen molar-refractivity contribution in [2.45, 2.75) is 39.7 Å². The maximum atomic E-state index is 12.5. The first-order chi connectivity index (χ1) is 15.4. The second-order valence-electron chi connectivity index (χ2n) is 8.28. The lowest BCUT2D eigenvalue weighted by molar-refractivity contribution is -0.118. The summed E-state index contributed by atoms with van der Waals surface area (Å²) in [5.41, 5.74) is 5.53. The number of nitrogens with zero attached hydrogens (tertiary/aromatic N) is 2. The van der Waals surface area contributed by atoms with Crippen LogP contribution in [0.1, 0.15) is 48.3 Å². The van der Waals surface area contributed by atoms with Crippen LogP contribution in [0.5, 0.6) is 0 Å². The van der Waals surface area contributed by atoms with Crippen LogP contribution >= 0.6 is 0 Å². The average Bonchev–Trinajstić information content (AvgIpc) is 3.60. The second kappa shape index (κ2) is 9.22. The van der Waals surface area contributed by atoms with Gasteiger partial charge in [-0.2, -0.15) is 5.10 Å². The summed E-state index contributed by atoms with van der Waals surface area (Å²) < 4.78 is 1.89. The molecule has 1 heterocycles. The fourth-order valence-corrected chi connectivity index (χ4v) is 3.67. The molecule has 2 amide bonds. The van der Waals surface area contributed by atoms with Crippen molar-refractivity contribution in [3.8, 4) is 5.69 Å². The fraction of sp³-hybridized carbons (Fsp3) is 0.269. The molecule has 2 N–H and O–H groups in total. The highest BCUT2D eigenvalue weighted by Gasteiger charge is 2.29. The van der Waals surface area contributed by atoms with Gasteiger partial charge in [0.2, 0.25) is 11.8 Å². The van der Waals surface area contributed by atoms with Crippen LogP contribution in [0.25, 0.3) is 11.8 Å². The van der Waals surface area contributed by atoms with Gasteiger partial charge in [0.1, 0.15) is 0 Å². The van der Waals surface area contributed by atoms with Crippen molar-refractivity contribution in [2.75, 3.05) is 5.32 Å². The summed E-state index contributed by atoms with van der Waals surface area (Å²) in [4.78, 5) is 24.4. The van der Waals surface area contributed by atoms with Gasteiger partial charge in [-0.25, -0.2) is 4.68 Å². The van der Waals surface area contributed by atoms with Crippen LogP contribution in [0.2, 0.25) is 0 Å². The molecule has 1 aromatic heterocycles. The van der Waals surface area contributed by atoms with Crippen molar-refractivity contribution in [2.24, 2.45) is 5.92 Å². The number of aryl methyl sites for hydroxylation is 1. The molecule has 4 rings (SSSR count). The first-order valence-electron chi connectivity index (χ1n) is 10.9. The maximum Gasteiger partial charge on any atom is 0.244 e. The number of carbonyl (C=O) groups excluding carboxylic acids is 2. The van der Waals surface area contributed by atoms with E-state index in [1.54, 1.807) is 6.08 Å². The Hall–Kier alpha value is -3.67. The highest BCUT2D eigenvalue weighted by molar-refractivity contribution is 5.94. The molecule has 0 aliphatic heterocycles. The number of rotatable bonds is 7. The molecule has 1 aliphatic carbocycles. The van der Waals surface area contributed by atoms with Gasteiger partial charge in [-0.3, -0.25) is 9.59 Å². The third kappa shape index (κ3) is 4.97. The predicted octanol–water partition coefficient (Wildman–Crippen LogP) is 4.73. The molecule has 1 saturated carbocycles. The zero-order valence-electron chi connectivity index (χ0n) is 18.6. The molecule has 1 aliphatic rings. The molecule has 1 atom stereocenters. The third-order valence-corrected chi connectivity index (χ3v) is 5.73. The number of amides is 2. The zero-order valence-corrected chi connectivity index (χ0v) is 18.6. The van der Waals surface area contributed by atoms with Gasteiger partial charge >= 0.3 is 0 Å².